The average molecular weight is 337 g/mol. The van der Waals surface area contributed by atoms with Gasteiger partial charge in [-0.25, -0.2) is 9.16 Å². The molecule has 1 fully saturated rings. The van der Waals surface area contributed by atoms with Crippen molar-refractivity contribution in [1.29, 1.82) is 0 Å². The minimum absolute atomic E-state index is 0.287. The topological polar surface area (TPSA) is 47.9 Å². The highest BCUT2D eigenvalue weighted by atomic mass is 32.3. The van der Waals surface area contributed by atoms with E-state index in [0.29, 0.717) is 12.2 Å². The molecule has 0 aliphatic heterocycles. The maximum Gasteiger partial charge on any atom is 0.338 e. The number of hydrogen-bond acceptors (Lipinski definition) is 4. The Balaban J connectivity index is 2.42. The molecule has 0 amide bonds. The average Bonchev–Trinajstić information content (AvgIpc) is 2.45. The first-order valence-electron chi connectivity index (χ1n) is 7.89. The van der Waals surface area contributed by atoms with E-state index in [1.165, 1.54) is 12.0 Å². The van der Waals surface area contributed by atoms with Gasteiger partial charge in [-0.15, -0.1) is 9.24 Å². The Kier molecular flexibility index (Phi) is 5.11. The smallest absolute Gasteiger partial charge is 0.338 e. The Hall–Kier alpha value is -1.46. The van der Waals surface area contributed by atoms with Gasteiger partial charge in [0.2, 0.25) is 0 Å². The molecule has 1 saturated carbocycles. The van der Waals surface area contributed by atoms with Crippen molar-refractivity contribution < 1.29 is 13.7 Å². The quantitative estimate of drug-likeness (QED) is 0.761. The normalized spacial score (nSPS) is 16.0. The van der Waals surface area contributed by atoms with Crippen molar-refractivity contribution >= 4 is 20.9 Å². The second-order valence-electron chi connectivity index (χ2n) is 6.71. The summed E-state index contributed by atoms with van der Waals surface area (Å²) in [7, 11) is -0.533. The third kappa shape index (κ3) is 4.52. The van der Waals surface area contributed by atoms with Gasteiger partial charge in [-0.1, -0.05) is 12.1 Å². The SMILES string of the molecule is CCOC(=O)c1ccc(C(N=S(C)(C)(C)OC)=C2CCC2)cc1. The highest BCUT2D eigenvalue weighted by Gasteiger charge is 2.21. The lowest BCUT2D eigenvalue weighted by Gasteiger charge is -2.36. The Morgan fingerprint density at radius 3 is 2.13 bits per heavy atom. The maximum absolute atomic E-state index is 11.8. The molecule has 1 aromatic rings. The predicted octanol–water partition coefficient (Wildman–Crippen LogP) is 4.08. The van der Waals surface area contributed by atoms with Gasteiger partial charge in [0.25, 0.3) is 0 Å². The van der Waals surface area contributed by atoms with Gasteiger partial charge < -0.3 is 8.92 Å². The molecule has 1 aromatic carbocycles. The summed E-state index contributed by atoms with van der Waals surface area (Å²) in [6, 6.07) is 7.52. The van der Waals surface area contributed by atoms with E-state index in [-0.39, 0.29) is 5.97 Å². The van der Waals surface area contributed by atoms with Gasteiger partial charge in [-0.05, 0) is 62.7 Å². The van der Waals surface area contributed by atoms with E-state index in [1.807, 2.05) is 24.3 Å². The van der Waals surface area contributed by atoms with Crippen molar-refractivity contribution in [2.45, 2.75) is 26.2 Å². The van der Waals surface area contributed by atoms with E-state index in [2.05, 4.69) is 18.8 Å². The second-order valence-corrected chi connectivity index (χ2v) is 11.9. The molecule has 1 aliphatic rings. The standard InChI is InChI=1S/C18H27NO3S/c1-6-22-18(20)16-12-10-15(11-13-16)17(14-8-7-9-14)19-23(3,4,5)21-2/h10-13H,6-9H2,1-5H3. The highest BCUT2D eigenvalue weighted by molar-refractivity contribution is 8.16. The largest absolute Gasteiger partial charge is 0.462 e. The highest BCUT2D eigenvalue weighted by Crippen LogP contribution is 2.37. The Labute approximate surface area is 139 Å². The Morgan fingerprint density at radius 1 is 1.13 bits per heavy atom. The minimum atomic E-state index is -2.25. The van der Waals surface area contributed by atoms with Gasteiger partial charge in [0.15, 0.2) is 0 Å². The molecule has 0 aromatic heterocycles. The molecule has 4 nitrogen and oxygen atoms in total. The Morgan fingerprint density at radius 2 is 1.70 bits per heavy atom. The van der Waals surface area contributed by atoms with E-state index in [1.54, 1.807) is 14.0 Å². The summed E-state index contributed by atoms with van der Waals surface area (Å²) in [5, 5.41) is 0. The zero-order valence-electron chi connectivity index (χ0n) is 14.7. The van der Waals surface area contributed by atoms with Crippen molar-refractivity contribution in [3.63, 3.8) is 0 Å². The van der Waals surface area contributed by atoms with Crippen LogP contribution in [-0.4, -0.2) is 38.5 Å². The lowest BCUT2D eigenvalue weighted by Crippen LogP contribution is -2.29. The third-order valence-corrected chi connectivity index (χ3v) is 5.89. The number of allylic oxidation sites excluding steroid dienone is 1. The summed E-state index contributed by atoms with van der Waals surface area (Å²) in [5.41, 5.74) is 4.01. The monoisotopic (exact) mass is 337 g/mol. The first-order chi connectivity index (χ1) is 10.7. The van der Waals surface area contributed by atoms with Crippen molar-refractivity contribution in [2.75, 3.05) is 32.5 Å². The van der Waals surface area contributed by atoms with Crippen LogP contribution in [0.1, 0.15) is 42.1 Å². The molecule has 0 bridgehead atoms. The first-order valence-corrected chi connectivity index (χ1v) is 11.0. The Bertz CT molecular complexity index is 678. The van der Waals surface area contributed by atoms with E-state index >= 15 is 0 Å². The molecule has 5 heteroatoms. The number of carbonyl (C=O) groups excluding carboxylic acids is 1. The number of hydrogen-bond donors (Lipinski definition) is 0. The van der Waals surface area contributed by atoms with Crippen LogP contribution in [0.2, 0.25) is 0 Å². The van der Waals surface area contributed by atoms with Crippen molar-refractivity contribution in [1.82, 2.24) is 0 Å². The van der Waals surface area contributed by atoms with Crippen LogP contribution in [0.15, 0.2) is 34.2 Å². The molecular weight excluding hydrogens is 310 g/mol. The van der Waals surface area contributed by atoms with E-state index in [4.69, 9.17) is 13.3 Å². The molecule has 23 heavy (non-hydrogen) atoms. The number of nitrogens with zero attached hydrogens (tertiary/aromatic N) is 1. The molecular formula is C18H27NO3S. The number of esters is 1. The fourth-order valence-electron chi connectivity index (χ4n) is 2.24. The van der Waals surface area contributed by atoms with Crippen LogP contribution < -0.4 is 0 Å². The van der Waals surface area contributed by atoms with Crippen molar-refractivity contribution in [3.05, 3.63) is 41.0 Å². The van der Waals surface area contributed by atoms with Gasteiger partial charge in [-0.2, -0.15) is 0 Å². The summed E-state index contributed by atoms with van der Waals surface area (Å²) < 4.78 is 15.8. The van der Waals surface area contributed by atoms with E-state index in [9.17, 15) is 4.79 Å². The van der Waals surface area contributed by atoms with Gasteiger partial charge >= 0.3 is 5.97 Å². The molecule has 128 valence electrons. The molecule has 2 rings (SSSR count). The lowest BCUT2D eigenvalue weighted by molar-refractivity contribution is 0.0526. The fraction of sp³-hybridized carbons (Fsp3) is 0.500. The minimum Gasteiger partial charge on any atom is -0.462 e. The summed E-state index contributed by atoms with van der Waals surface area (Å²) in [6.45, 7) is 2.19. The van der Waals surface area contributed by atoms with Crippen LogP contribution in [0.25, 0.3) is 5.70 Å². The lowest BCUT2D eigenvalue weighted by atomic mass is 9.88. The van der Waals surface area contributed by atoms with Crippen LogP contribution >= 0.6 is 0 Å². The summed E-state index contributed by atoms with van der Waals surface area (Å²) in [5.74, 6) is -0.287. The zero-order chi connectivity index (χ0) is 17.1. The zero-order valence-corrected chi connectivity index (χ0v) is 15.5. The molecule has 0 saturated heterocycles. The van der Waals surface area contributed by atoms with Crippen LogP contribution in [0.5, 0.6) is 0 Å². The van der Waals surface area contributed by atoms with E-state index < -0.39 is 9.24 Å². The third-order valence-electron chi connectivity index (χ3n) is 3.94. The summed E-state index contributed by atoms with van der Waals surface area (Å²) in [4.78, 5) is 11.8. The molecule has 1 aliphatic carbocycles. The predicted molar refractivity (Wildman–Crippen MR) is 97.7 cm³/mol. The molecule has 0 unspecified atom stereocenters. The van der Waals surface area contributed by atoms with Crippen LogP contribution in [0, 0.1) is 0 Å². The van der Waals surface area contributed by atoms with Crippen molar-refractivity contribution in [2.24, 2.45) is 4.36 Å². The van der Waals surface area contributed by atoms with Gasteiger partial charge in [0, 0.05) is 12.7 Å². The fourth-order valence-corrected chi connectivity index (χ4v) is 3.17. The van der Waals surface area contributed by atoms with E-state index in [0.717, 1.165) is 24.1 Å². The number of rotatable bonds is 5. The van der Waals surface area contributed by atoms with Crippen LogP contribution in [0.3, 0.4) is 0 Å². The number of carbonyl (C=O) groups is 1. The first kappa shape index (κ1) is 17.9. The molecule has 0 spiro atoms. The van der Waals surface area contributed by atoms with Gasteiger partial charge in [0.1, 0.15) is 0 Å². The van der Waals surface area contributed by atoms with Gasteiger partial charge in [0.05, 0.1) is 17.9 Å². The molecule has 0 heterocycles. The summed E-state index contributed by atoms with van der Waals surface area (Å²) >= 11 is 0. The molecule has 0 N–H and O–H groups in total. The molecule has 0 atom stereocenters. The van der Waals surface area contributed by atoms with Crippen LogP contribution in [-0.2, 0) is 18.2 Å². The summed E-state index contributed by atoms with van der Waals surface area (Å²) in [6.07, 6.45) is 9.61. The number of ether oxygens (including phenoxy) is 1. The van der Waals surface area contributed by atoms with Gasteiger partial charge in [-0.3, -0.25) is 0 Å². The number of benzene rings is 1. The second kappa shape index (κ2) is 6.57. The van der Waals surface area contributed by atoms with Crippen molar-refractivity contribution in [3.8, 4) is 0 Å². The van der Waals surface area contributed by atoms with Crippen LogP contribution in [0.4, 0.5) is 0 Å². The molecule has 0 radical (unpaired) electrons. The maximum atomic E-state index is 11.8.